The molecule has 19 heavy (non-hydrogen) atoms. The van der Waals surface area contributed by atoms with Gasteiger partial charge in [0.2, 0.25) is 0 Å². The number of rotatable bonds is 5. The number of morpholine rings is 2. The SMILES string of the molecule is COC[C@@H]1COCC(OC[C@@H]2COCCN2C)N1C. The largest absolute Gasteiger partial charge is 0.383 e. The molecule has 1 unspecified atom stereocenters. The van der Waals surface area contributed by atoms with Crippen molar-refractivity contribution in [3.63, 3.8) is 0 Å². The van der Waals surface area contributed by atoms with Crippen LogP contribution in [-0.2, 0) is 18.9 Å². The molecule has 6 nitrogen and oxygen atoms in total. The van der Waals surface area contributed by atoms with Crippen LogP contribution in [0.5, 0.6) is 0 Å². The topological polar surface area (TPSA) is 43.4 Å². The summed E-state index contributed by atoms with van der Waals surface area (Å²) in [7, 11) is 5.90. The average molecular weight is 274 g/mol. The van der Waals surface area contributed by atoms with Gasteiger partial charge in [-0.1, -0.05) is 0 Å². The fourth-order valence-electron chi connectivity index (χ4n) is 2.43. The normalized spacial score (nSPS) is 34.6. The molecule has 112 valence electrons. The Hall–Kier alpha value is -0.240. The lowest BCUT2D eigenvalue weighted by Crippen LogP contribution is -2.54. The first-order chi connectivity index (χ1) is 9.22. The van der Waals surface area contributed by atoms with Crippen LogP contribution in [0.25, 0.3) is 0 Å². The van der Waals surface area contributed by atoms with Gasteiger partial charge in [-0.25, -0.2) is 0 Å². The maximum Gasteiger partial charge on any atom is 0.134 e. The van der Waals surface area contributed by atoms with E-state index in [0.717, 1.165) is 19.8 Å². The maximum atomic E-state index is 6.01. The molecule has 0 radical (unpaired) electrons. The Bertz CT molecular complexity index is 265. The standard InChI is InChI=1S/C13H26N2O4/c1-14-4-5-17-7-11(14)9-19-13-10-18-8-12(6-16-3)15(13)2/h11-13H,4-10H2,1-3H3/t11-,12+,13?/m0/s1. The van der Waals surface area contributed by atoms with E-state index in [-0.39, 0.29) is 12.3 Å². The van der Waals surface area contributed by atoms with Crippen LogP contribution >= 0.6 is 0 Å². The molecule has 0 saturated carbocycles. The smallest absolute Gasteiger partial charge is 0.134 e. The molecule has 0 aliphatic carbocycles. The molecule has 0 N–H and O–H groups in total. The molecular weight excluding hydrogens is 248 g/mol. The first-order valence-corrected chi connectivity index (χ1v) is 6.90. The number of likely N-dealkylation sites (N-methyl/N-ethyl adjacent to an activating group) is 2. The summed E-state index contributed by atoms with van der Waals surface area (Å²) in [6.07, 6.45) is 0.00391. The van der Waals surface area contributed by atoms with Crippen LogP contribution in [-0.4, -0.2) is 95.5 Å². The van der Waals surface area contributed by atoms with E-state index >= 15 is 0 Å². The molecule has 3 atom stereocenters. The zero-order valence-electron chi connectivity index (χ0n) is 12.2. The van der Waals surface area contributed by atoms with Crippen molar-refractivity contribution >= 4 is 0 Å². The molecule has 0 spiro atoms. The molecule has 0 aromatic rings. The third-order valence-corrected chi connectivity index (χ3v) is 3.96. The van der Waals surface area contributed by atoms with Gasteiger partial charge in [-0.3, -0.25) is 9.80 Å². The van der Waals surface area contributed by atoms with Gasteiger partial charge < -0.3 is 18.9 Å². The summed E-state index contributed by atoms with van der Waals surface area (Å²) in [5.41, 5.74) is 0. The summed E-state index contributed by atoms with van der Waals surface area (Å²) in [6.45, 7) is 5.20. The first kappa shape index (κ1) is 15.2. The molecule has 2 fully saturated rings. The van der Waals surface area contributed by atoms with Gasteiger partial charge in [0.1, 0.15) is 6.23 Å². The van der Waals surface area contributed by atoms with E-state index in [1.54, 1.807) is 7.11 Å². The lowest BCUT2D eigenvalue weighted by Gasteiger charge is -2.40. The van der Waals surface area contributed by atoms with Crippen LogP contribution in [0.15, 0.2) is 0 Å². The number of hydrogen-bond acceptors (Lipinski definition) is 6. The molecule has 0 aromatic heterocycles. The highest BCUT2D eigenvalue weighted by molar-refractivity contribution is 4.77. The van der Waals surface area contributed by atoms with Crippen molar-refractivity contribution in [2.24, 2.45) is 0 Å². The lowest BCUT2D eigenvalue weighted by molar-refractivity contribution is -0.173. The molecule has 0 aromatic carbocycles. The van der Waals surface area contributed by atoms with E-state index in [1.807, 2.05) is 0 Å². The van der Waals surface area contributed by atoms with Gasteiger partial charge in [-0.15, -0.1) is 0 Å². The Labute approximate surface area is 115 Å². The lowest BCUT2D eigenvalue weighted by atomic mass is 10.2. The Kier molecular flexibility index (Phi) is 6.00. The van der Waals surface area contributed by atoms with Gasteiger partial charge in [0.05, 0.1) is 51.7 Å². The van der Waals surface area contributed by atoms with Crippen molar-refractivity contribution in [3.8, 4) is 0 Å². The summed E-state index contributed by atoms with van der Waals surface area (Å²) in [6, 6.07) is 0.606. The number of methoxy groups -OCH3 is 1. The van der Waals surface area contributed by atoms with Crippen molar-refractivity contribution < 1.29 is 18.9 Å². The highest BCUT2D eigenvalue weighted by Gasteiger charge is 2.30. The second-order valence-electron chi connectivity index (χ2n) is 5.31. The predicted octanol–water partition coefficient (Wildman–Crippen LogP) is -0.363. The van der Waals surface area contributed by atoms with Crippen LogP contribution in [0, 0.1) is 0 Å². The molecule has 2 aliphatic rings. The Morgan fingerprint density at radius 1 is 1.05 bits per heavy atom. The monoisotopic (exact) mass is 274 g/mol. The minimum Gasteiger partial charge on any atom is -0.383 e. The summed E-state index contributed by atoms with van der Waals surface area (Å²) in [5, 5.41) is 0. The zero-order valence-corrected chi connectivity index (χ0v) is 12.2. The molecule has 0 amide bonds. The highest BCUT2D eigenvalue weighted by Crippen LogP contribution is 2.14. The van der Waals surface area contributed by atoms with E-state index in [1.165, 1.54) is 0 Å². The molecule has 2 heterocycles. The van der Waals surface area contributed by atoms with E-state index in [0.29, 0.717) is 32.5 Å². The van der Waals surface area contributed by atoms with Crippen molar-refractivity contribution in [1.29, 1.82) is 0 Å². The summed E-state index contributed by atoms with van der Waals surface area (Å²) >= 11 is 0. The van der Waals surface area contributed by atoms with Gasteiger partial charge in [-0.2, -0.15) is 0 Å². The summed E-state index contributed by atoms with van der Waals surface area (Å²) in [5.74, 6) is 0. The molecular formula is C13H26N2O4. The first-order valence-electron chi connectivity index (χ1n) is 6.90. The van der Waals surface area contributed by atoms with Crippen LogP contribution < -0.4 is 0 Å². The predicted molar refractivity (Wildman–Crippen MR) is 71.2 cm³/mol. The maximum absolute atomic E-state index is 6.01. The van der Waals surface area contributed by atoms with Crippen molar-refractivity contribution in [2.75, 3.05) is 67.4 Å². The van der Waals surface area contributed by atoms with Crippen molar-refractivity contribution in [2.45, 2.75) is 18.3 Å². The molecule has 6 heteroatoms. The quantitative estimate of drug-likeness (QED) is 0.682. The van der Waals surface area contributed by atoms with E-state index in [4.69, 9.17) is 18.9 Å². The minimum atomic E-state index is 0.00391. The second kappa shape index (κ2) is 7.52. The van der Waals surface area contributed by atoms with E-state index in [2.05, 4.69) is 23.9 Å². The van der Waals surface area contributed by atoms with E-state index in [9.17, 15) is 0 Å². The second-order valence-corrected chi connectivity index (χ2v) is 5.31. The third kappa shape index (κ3) is 4.11. The Balaban J connectivity index is 1.77. The van der Waals surface area contributed by atoms with Crippen molar-refractivity contribution in [3.05, 3.63) is 0 Å². The number of nitrogens with zero attached hydrogens (tertiary/aromatic N) is 2. The number of hydrogen-bond donors (Lipinski definition) is 0. The zero-order chi connectivity index (χ0) is 13.7. The molecule has 2 rings (SSSR count). The fraction of sp³-hybridized carbons (Fsp3) is 1.00. The Morgan fingerprint density at radius 3 is 2.58 bits per heavy atom. The van der Waals surface area contributed by atoms with Crippen LogP contribution in [0.2, 0.25) is 0 Å². The van der Waals surface area contributed by atoms with Gasteiger partial charge in [0.15, 0.2) is 0 Å². The van der Waals surface area contributed by atoms with Gasteiger partial charge in [0.25, 0.3) is 0 Å². The van der Waals surface area contributed by atoms with Crippen LogP contribution in [0.1, 0.15) is 0 Å². The van der Waals surface area contributed by atoms with E-state index < -0.39 is 0 Å². The van der Waals surface area contributed by atoms with Gasteiger partial charge >= 0.3 is 0 Å². The van der Waals surface area contributed by atoms with Crippen LogP contribution in [0.4, 0.5) is 0 Å². The third-order valence-electron chi connectivity index (χ3n) is 3.96. The molecule has 0 bridgehead atoms. The minimum absolute atomic E-state index is 0.00391. The fourth-order valence-corrected chi connectivity index (χ4v) is 2.43. The van der Waals surface area contributed by atoms with Crippen LogP contribution in [0.3, 0.4) is 0 Å². The average Bonchev–Trinajstić information content (AvgIpc) is 2.42. The van der Waals surface area contributed by atoms with Gasteiger partial charge in [0, 0.05) is 13.7 Å². The number of ether oxygens (including phenoxy) is 4. The molecule has 2 aliphatic heterocycles. The van der Waals surface area contributed by atoms with Gasteiger partial charge in [-0.05, 0) is 14.1 Å². The Morgan fingerprint density at radius 2 is 1.84 bits per heavy atom. The highest BCUT2D eigenvalue weighted by atomic mass is 16.6. The van der Waals surface area contributed by atoms with Crippen molar-refractivity contribution in [1.82, 2.24) is 9.80 Å². The summed E-state index contributed by atoms with van der Waals surface area (Å²) in [4.78, 5) is 4.50. The molecule has 2 saturated heterocycles. The summed E-state index contributed by atoms with van der Waals surface area (Å²) < 4.78 is 22.3.